The molecular weight excluding hydrogens is 428 g/mol. The van der Waals surface area contributed by atoms with Gasteiger partial charge in [0.2, 0.25) is 0 Å². The Morgan fingerprint density at radius 1 is 1.19 bits per heavy atom. The molecule has 3 fully saturated rings. The van der Waals surface area contributed by atoms with Crippen LogP contribution in [0.15, 0.2) is 23.5 Å². The number of hydrogen-bond donors (Lipinski definition) is 1. The van der Waals surface area contributed by atoms with Gasteiger partial charge in [-0.2, -0.15) is 8.42 Å². The zero-order valence-corrected chi connectivity index (χ0v) is 20.7. The van der Waals surface area contributed by atoms with Gasteiger partial charge in [0.1, 0.15) is 12.9 Å². The molecule has 0 radical (unpaired) electrons. The summed E-state index contributed by atoms with van der Waals surface area (Å²) in [5.74, 6) is 1.41. The van der Waals surface area contributed by atoms with Crippen molar-refractivity contribution in [3.63, 3.8) is 0 Å². The minimum atomic E-state index is -4.50. The van der Waals surface area contributed by atoms with Crippen molar-refractivity contribution in [1.29, 1.82) is 0 Å². The van der Waals surface area contributed by atoms with E-state index in [-0.39, 0.29) is 16.8 Å². The molecule has 3 saturated carbocycles. The first-order valence-corrected chi connectivity index (χ1v) is 13.4. The molecule has 32 heavy (non-hydrogen) atoms. The largest absolute Gasteiger partial charge is 0.458 e. The SMILES string of the molecule is CC1(C)CCCC2(C)C1CC(CCC1=CCOC1=O)C1(C)CC(=COS(=O)(=O)O)CCC12. The van der Waals surface area contributed by atoms with E-state index in [4.69, 9.17) is 9.29 Å². The van der Waals surface area contributed by atoms with Gasteiger partial charge < -0.3 is 8.92 Å². The molecule has 0 amide bonds. The fourth-order valence-corrected chi connectivity index (χ4v) is 8.46. The molecule has 3 aliphatic carbocycles. The van der Waals surface area contributed by atoms with Gasteiger partial charge in [-0.25, -0.2) is 4.79 Å². The Morgan fingerprint density at radius 3 is 2.59 bits per heavy atom. The van der Waals surface area contributed by atoms with E-state index in [0.29, 0.717) is 29.8 Å². The minimum Gasteiger partial charge on any atom is -0.458 e. The molecule has 6 nitrogen and oxygen atoms in total. The summed E-state index contributed by atoms with van der Waals surface area (Å²) in [4.78, 5) is 12.0. The van der Waals surface area contributed by atoms with Crippen LogP contribution in [-0.2, 0) is 24.1 Å². The van der Waals surface area contributed by atoms with Crippen LogP contribution in [0.1, 0.15) is 85.5 Å². The molecule has 0 spiro atoms. The first-order chi connectivity index (χ1) is 14.9. The van der Waals surface area contributed by atoms with Crippen molar-refractivity contribution in [2.75, 3.05) is 6.61 Å². The Hall–Kier alpha value is -1.34. The highest BCUT2D eigenvalue weighted by atomic mass is 32.3. The van der Waals surface area contributed by atoms with Gasteiger partial charge in [-0.3, -0.25) is 4.55 Å². The maximum atomic E-state index is 12.0. The Balaban J connectivity index is 1.65. The Labute approximate surface area is 192 Å². The molecule has 7 heteroatoms. The molecule has 4 aliphatic rings. The average Bonchev–Trinajstić information content (AvgIpc) is 3.08. The number of rotatable bonds is 5. The van der Waals surface area contributed by atoms with E-state index in [1.165, 1.54) is 25.5 Å². The van der Waals surface area contributed by atoms with Gasteiger partial charge in [0, 0.05) is 5.57 Å². The van der Waals surface area contributed by atoms with Crippen molar-refractivity contribution >= 4 is 16.4 Å². The third-order valence-electron chi connectivity index (χ3n) is 9.59. The third-order valence-corrected chi connectivity index (χ3v) is 9.93. The van der Waals surface area contributed by atoms with Crippen LogP contribution in [0.2, 0.25) is 0 Å². The monoisotopic (exact) mass is 466 g/mol. The highest BCUT2D eigenvalue weighted by molar-refractivity contribution is 7.81. The maximum absolute atomic E-state index is 12.0. The molecule has 0 bridgehead atoms. The van der Waals surface area contributed by atoms with Crippen molar-refractivity contribution in [3.8, 4) is 0 Å². The van der Waals surface area contributed by atoms with E-state index in [2.05, 4.69) is 31.9 Å². The zero-order valence-electron chi connectivity index (χ0n) is 19.9. The number of fused-ring (bicyclic) bond motifs is 3. The van der Waals surface area contributed by atoms with Crippen LogP contribution in [0.25, 0.3) is 0 Å². The second-order valence-corrected chi connectivity index (χ2v) is 12.8. The molecule has 1 aliphatic heterocycles. The van der Waals surface area contributed by atoms with Crippen molar-refractivity contribution in [1.82, 2.24) is 0 Å². The first kappa shape index (κ1) is 23.8. The topological polar surface area (TPSA) is 89.9 Å². The highest BCUT2D eigenvalue weighted by Gasteiger charge is 2.61. The minimum absolute atomic E-state index is 0.00556. The summed E-state index contributed by atoms with van der Waals surface area (Å²) < 4.78 is 41.1. The number of carbonyl (C=O) groups is 1. The van der Waals surface area contributed by atoms with E-state index in [1.807, 2.05) is 6.08 Å². The van der Waals surface area contributed by atoms with Crippen LogP contribution >= 0.6 is 0 Å². The smallest absolute Gasteiger partial charge is 0.445 e. The van der Waals surface area contributed by atoms with Crippen LogP contribution in [0.3, 0.4) is 0 Å². The molecule has 4 rings (SSSR count). The summed E-state index contributed by atoms with van der Waals surface area (Å²) >= 11 is 0. The van der Waals surface area contributed by atoms with Gasteiger partial charge in [0.15, 0.2) is 0 Å². The molecular formula is C25H38O6S. The molecule has 0 aromatic heterocycles. The predicted octanol–water partition coefficient (Wildman–Crippen LogP) is 5.61. The quantitative estimate of drug-likeness (QED) is 0.322. The molecule has 180 valence electrons. The lowest BCUT2D eigenvalue weighted by atomic mass is 9.38. The third kappa shape index (κ3) is 4.27. The second kappa shape index (κ2) is 8.15. The van der Waals surface area contributed by atoms with Crippen LogP contribution in [-0.4, -0.2) is 25.5 Å². The fourth-order valence-electron chi connectivity index (χ4n) is 8.20. The number of cyclic esters (lactones) is 1. The van der Waals surface area contributed by atoms with Crippen LogP contribution in [0, 0.1) is 34.0 Å². The van der Waals surface area contributed by atoms with Crippen molar-refractivity contribution in [2.45, 2.75) is 85.5 Å². The molecule has 0 saturated heterocycles. The van der Waals surface area contributed by atoms with Crippen LogP contribution in [0.5, 0.6) is 0 Å². The van der Waals surface area contributed by atoms with Crippen molar-refractivity contribution < 1.29 is 26.7 Å². The zero-order chi connectivity index (χ0) is 23.4. The maximum Gasteiger partial charge on any atom is 0.445 e. The predicted molar refractivity (Wildman–Crippen MR) is 122 cm³/mol. The highest BCUT2D eigenvalue weighted by Crippen LogP contribution is 2.70. The van der Waals surface area contributed by atoms with Gasteiger partial charge in [-0.1, -0.05) is 34.1 Å². The molecule has 1 heterocycles. The van der Waals surface area contributed by atoms with E-state index in [0.717, 1.165) is 49.7 Å². The lowest BCUT2D eigenvalue weighted by Crippen LogP contribution is -2.59. The van der Waals surface area contributed by atoms with E-state index < -0.39 is 10.4 Å². The van der Waals surface area contributed by atoms with Gasteiger partial charge in [0.25, 0.3) is 0 Å². The molecule has 5 unspecified atom stereocenters. The molecule has 1 N–H and O–H groups in total. The summed E-state index contributed by atoms with van der Waals surface area (Å²) in [6, 6.07) is 0. The number of allylic oxidation sites excluding steroid dienone is 1. The Morgan fingerprint density at radius 2 is 1.94 bits per heavy atom. The standard InChI is InChI=1S/C25H38O6S/c1-23(2)11-5-12-24(3)20-9-6-17(16-31-32(27,28)29)15-25(20,4)19(14-21(23)24)8-7-18-10-13-30-22(18)26/h10,16,19-21H,5-9,11-15H2,1-4H3,(H,27,28,29). The summed E-state index contributed by atoms with van der Waals surface area (Å²) in [6.45, 7) is 10.1. The Kier molecular flexibility index (Phi) is 6.07. The number of esters is 1. The van der Waals surface area contributed by atoms with Crippen molar-refractivity contribution in [3.05, 3.63) is 23.5 Å². The molecule has 0 aromatic rings. The Bertz CT molecular complexity index is 932. The number of carbonyl (C=O) groups excluding carboxylic acids is 1. The summed E-state index contributed by atoms with van der Waals surface area (Å²) in [5, 5.41) is 0. The van der Waals surface area contributed by atoms with E-state index in [1.54, 1.807) is 0 Å². The fraction of sp³-hybridized carbons (Fsp3) is 0.800. The number of hydrogen-bond acceptors (Lipinski definition) is 5. The van der Waals surface area contributed by atoms with Gasteiger partial charge in [-0.15, -0.1) is 0 Å². The lowest BCUT2D eigenvalue weighted by molar-refractivity contribution is -0.167. The first-order valence-electron chi connectivity index (χ1n) is 12.0. The summed E-state index contributed by atoms with van der Waals surface area (Å²) in [5.41, 5.74) is 2.29. The van der Waals surface area contributed by atoms with E-state index >= 15 is 0 Å². The molecule has 5 atom stereocenters. The molecule has 0 aromatic carbocycles. The number of ether oxygens (including phenoxy) is 1. The van der Waals surface area contributed by atoms with Gasteiger partial charge in [-0.05, 0) is 97.0 Å². The second-order valence-electron chi connectivity index (χ2n) is 11.8. The summed E-state index contributed by atoms with van der Waals surface area (Å²) in [7, 11) is -4.50. The van der Waals surface area contributed by atoms with Crippen LogP contribution in [0.4, 0.5) is 0 Å². The lowest BCUT2D eigenvalue weighted by Gasteiger charge is -2.66. The normalized spacial score (nSPS) is 40.3. The van der Waals surface area contributed by atoms with Gasteiger partial charge >= 0.3 is 16.4 Å². The van der Waals surface area contributed by atoms with Crippen LogP contribution < -0.4 is 0 Å². The van der Waals surface area contributed by atoms with E-state index in [9.17, 15) is 13.2 Å². The average molecular weight is 467 g/mol. The van der Waals surface area contributed by atoms with Crippen molar-refractivity contribution in [2.24, 2.45) is 34.0 Å². The van der Waals surface area contributed by atoms with Gasteiger partial charge in [0.05, 0.1) is 0 Å². The summed E-state index contributed by atoms with van der Waals surface area (Å²) in [6.07, 6.45) is 12.3.